The van der Waals surface area contributed by atoms with Crippen molar-refractivity contribution in [3.63, 3.8) is 0 Å². The summed E-state index contributed by atoms with van der Waals surface area (Å²) in [5.41, 5.74) is 2.19. The minimum Gasteiger partial charge on any atom is -0.345 e. The number of para-hydroxylation sites is 1. The minimum absolute atomic E-state index is 0.283. The molecule has 26 heavy (non-hydrogen) atoms. The second-order valence-corrected chi connectivity index (χ2v) is 9.65. The Kier molecular flexibility index (Phi) is 4.64. The van der Waals surface area contributed by atoms with Crippen molar-refractivity contribution >= 4 is 48.3 Å². The molecule has 3 aromatic rings. The molecule has 5 nitrogen and oxygen atoms in total. The van der Waals surface area contributed by atoms with Gasteiger partial charge in [-0.3, -0.25) is 0 Å². The van der Waals surface area contributed by atoms with Gasteiger partial charge in [-0.15, -0.1) is 0 Å². The zero-order chi connectivity index (χ0) is 18.3. The van der Waals surface area contributed by atoms with E-state index in [1.807, 2.05) is 6.07 Å². The molecule has 1 saturated heterocycles. The van der Waals surface area contributed by atoms with Crippen molar-refractivity contribution in [3.05, 3.63) is 53.1 Å². The van der Waals surface area contributed by atoms with E-state index in [2.05, 4.69) is 24.0 Å². The molecule has 1 aliphatic rings. The van der Waals surface area contributed by atoms with Crippen molar-refractivity contribution in [1.29, 1.82) is 0 Å². The van der Waals surface area contributed by atoms with Gasteiger partial charge in [-0.25, -0.2) is 13.4 Å². The van der Waals surface area contributed by atoms with Gasteiger partial charge in [0.1, 0.15) is 0 Å². The lowest BCUT2D eigenvalue weighted by molar-refractivity contribution is 0.385. The topological polar surface area (TPSA) is 53.5 Å². The maximum atomic E-state index is 12.8. The Labute approximate surface area is 161 Å². The molecule has 136 valence electrons. The Morgan fingerprint density at radius 3 is 2.38 bits per heavy atom. The number of aromatic nitrogens is 1. The molecule has 1 aliphatic heterocycles. The molecule has 0 spiro atoms. The van der Waals surface area contributed by atoms with E-state index < -0.39 is 10.0 Å². The molecular formula is C18H18ClN3O2S2. The fourth-order valence-electron chi connectivity index (χ4n) is 3.09. The van der Waals surface area contributed by atoms with E-state index in [1.54, 1.807) is 35.6 Å². The standard InChI is InChI=1S/C18H18ClN3O2S2/c1-13-3-2-4-16-17(13)20-18(25-16)21-9-11-22(12-10-21)26(23,24)15-7-5-14(19)6-8-15/h2-8H,9-12H2,1H3. The predicted molar refractivity (Wildman–Crippen MR) is 107 cm³/mol. The van der Waals surface area contributed by atoms with Gasteiger partial charge in [-0.05, 0) is 42.8 Å². The number of hydrogen-bond donors (Lipinski definition) is 0. The summed E-state index contributed by atoms with van der Waals surface area (Å²) in [5.74, 6) is 0. The van der Waals surface area contributed by atoms with Gasteiger partial charge in [-0.1, -0.05) is 35.1 Å². The van der Waals surface area contributed by atoms with Crippen molar-refractivity contribution in [2.24, 2.45) is 0 Å². The Hall–Kier alpha value is -1.67. The lowest BCUT2D eigenvalue weighted by Gasteiger charge is -2.33. The highest BCUT2D eigenvalue weighted by Crippen LogP contribution is 2.31. The number of fused-ring (bicyclic) bond motifs is 1. The summed E-state index contributed by atoms with van der Waals surface area (Å²) in [6, 6.07) is 12.5. The second kappa shape index (κ2) is 6.81. The molecule has 8 heteroatoms. The molecule has 0 unspecified atom stereocenters. The van der Waals surface area contributed by atoms with Crippen LogP contribution in [-0.2, 0) is 10.0 Å². The maximum absolute atomic E-state index is 12.8. The highest BCUT2D eigenvalue weighted by molar-refractivity contribution is 7.89. The fraction of sp³-hybridized carbons (Fsp3) is 0.278. The van der Waals surface area contributed by atoms with Gasteiger partial charge in [0.05, 0.1) is 15.1 Å². The Morgan fingerprint density at radius 1 is 1.04 bits per heavy atom. The van der Waals surface area contributed by atoms with Crippen LogP contribution in [0.4, 0.5) is 5.13 Å². The average molecular weight is 408 g/mol. The minimum atomic E-state index is -3.48. The third-order valence-corrected chi connectivity index (χ3v) is 7.82. The van der Waals surface area contributed by atoms with Crippen molar-refractivity contribution in [2.45, 2.75) is 11.8 Å². The molecule has 0 saturated carbocycles. The van der Waals surface area contributed by atoms with E-state index in [1.165, 1.54) is 4.31 Å². The predicted octanol–water partition coefficient (Wildman–Crippen LogP) is 3.77. The summed E-state index contributed by atoms with van der Waals surface area (Å²) in [6.07, 6.45) is 0. The molecular weight excluding hydrogens is 390 g/mol. The van der Waals surface area contributed by atoms with Crippen LogP contribution in [0.1, 0.15) is 5.56 Å². The van der Waals surface area contributed by atoms with Crippen LogP contribution in [-0.4, -0.2) is 43.9 Å². The number of benzene rings is 2. The monoisotopic (exact) mass is 407 g/mol. The van der Waals surface area contributed by atoms with Crippen LogP contribution < -0.4 is 4.90 Å². The zero-order valence-electron chi connectivity index (χ0n) is 14.2. The van der Waals surface area contributed by atoms with E-state index in [-0.39, 0.29) is 4.90 Å². The lowest BCUT2D eigenvalue weighted by Crippen LogP contribution is -2.48. The molecule has 1 aromatic heterocycles. The van der Waals surface area contributed by atoms with E-state index in [9.17, 15) is 8.42 Å². The summed E-state index contributed by atoms with van der Waals surface area (Å²) in [4.78, 5) is 7.20. The normalized spacial score (nSPS) is 16.3. The molecule has 0 amide bonds. The number of rotatable bonds is 3. The van der Waals surface area contributed by atoms with E-state index in [4.69, 9.17) is 16.6 Å². The first-order valence-corrected chi connectivity index (χ1v) is 11.0. The third kappa shape index (κ3) is 3.20. The molecule has 2 aromatic carbocycles. The molecule has 1 fully saturated rings. The van der Waals surface area contributed by atoms with Gasteiger partial charge in [0.2, 0.25) is 10.0 Å². The molecule has 0 atom stereocenters. The summed E-state index contributed by atoms with van der Waals surface area (Å²) in [6.45, 7) is 4.21. The number of halogens is 1. The highest BCUT2D eigenvalue weighted by Gasteiger charge is 2.29. The van der Waals surface area contributed by atoms with Crippen LogP contribution in [0.5, 0.6) is 0 Å². The first-order valence-electron chi connectivity index (χ1n) is 8.32. The molecule has 0 bridgehead atoms. The second-order valence-electron chi connectivity index (χ2n) is 6.26. The number of anilines is 1. The Morgan fingerprint density at radius 2 is 1.73 bits per heavy atom. The number of thiazole rings is 1. The van der Waals surface area contributed by atoms with Crippen LogP contribution in [0.15, 0.2) is 47.4 Å². The van der Waals surface area contributed by atoms with Crippen LogP contribution >= 0.6 is 22.9 Å². The van der Waals surface area contributed by atoms with E-state index in [0.717, 1.165) is 20.9 Å². The third-order valence-electron chi connectivity index (χ3n) is 4.57. The van der Waals surface area contributed by atoms with Gasteiger partial charge in [0.25, 0.3) is 0 Å². The molecule has 0 aliphatic carbocycles. The SMILES string of the molecule is Cc1cccc2sc(N3CCN(S(=O)(=O)c4ccc(Cl)cc4)CC3)nc12. The molecule has 4 rings (SSSR count). The summed E-state index contributed by atoms with van der Waals surface area (Å²) in [5, 5.41) is 1.48. The van der Waals surface area contributed by atoms with Crippen molar-refractivity contribution in [2.75, 3.05) is 31.1 Å². The van der Waals surface area contributed by atoms with Gasteiger partial charge in [0.15, 0.2) is 5.13 Å². The number of aryl methyl sites for hydroxylation is 1. The number of hydrogen-bond acceptors (Lipinski definition) is 5. The molecule has 2 heterocycles. The summed E-state index contributed by atoms with van der Waals surface area (Å²) < 4.78 is 28.3. The maximum Gasteiger partial charge on any atom is 0.243 e. The van der Waals surface area contributed by atoms with Gasteiger partial charge in [0, 0.05) is 31.2 Å². The molecule has 0 radical (unpaired) electrons. The Bertz CT molecular complexity index is 1040. The zero-order valence-corrected chi connectivity index (χ0v) is 16.6. The van der Waals surface area contributed by atoms with Gasteiger partial charge < -0.3 is 4.90 Å². The lowest BCUT2D eigenvalue weighted by atomic mass is 10.2. The summed E-state index contributed by atoms with van der Waals surface area (Å²) >= 11 is 7.52. The van der Waals surface area contributed by atoms with Crippen molar-refractivity contribution in [3.8, 4) is 0 Å². The first-order chi connectivity index (χ1) is 12.4. The number of nitrogens with zero attached hydrogens (tertiary/aromatic N) is 3. The van der Waals surface area contributed by atoms with Crippen LogP contribution in [0.2, 0.25) is 5.02 Å². The smallest absolute Gasteiger partial charge is 0.243 e. The van der Waals surface area contributed by atoms with Crippen LogP contribution in [0.25, 0.3) is 10.2 Å². The van der Waals surface area contributed by atoms with Crippen LogP contribution in [0, 0.1) is 6.92 Å². The van der Waals surface area contributed by atoms with Gasteiger partial charge >= 0.3 is 0 Å². The molecule has 0 N–H and O–H groups in total. The van der Waals surface area contributed by atoms with Gasteiger partial charge in [-0.2, -0.15) is 4.31 Å². The van der Waals surface area contributed by atoms with Crippen molar-refractivity contribution < 1.29 is 8.42 Å². The van der Waals surface area contributed by atoms with E-state index in [0.29, 0.717) is 31.2 Å². The number of piperazine rings is 1. The van der Waals surface area contributed by atoms with Crippen molar-refractivity contribution in [1.82, 2.24) is 9.29 Å². The average Bonchev–Trinajstić information content (AvgIpc) is 3.08. The van der Waals surface area contributed by atoms with E-state index >= 15 is 0 Å². The fourth-order valence-corrected chi connectivity index (χ4v) is 5.73. The summed E-state index contributed by atoms with van der Waals surface area (Å²) in [7, 11) is -3.48. The largest absolute Gasteiger partial charge is 0.345 e. The van der Waals surface area contributed by atoms with Crippen LogP contribution in [0.3, 0.4) is 0 Å². The highest BCUT2D eigenvalue weighted by atomic mass is 35.5. The first kappa shape index (κ1) is 17.7. The Balaban J connectivity index is 1.51. The quantitative estimate of drug-likeness (QED) is 0.663. The number of sulfonamides is 1.